The number of benzene rings is 1. The number of alkyl halides is 1. The zero-order chi connectivity index (χ0) is 25.0. The van der Waals surface area contributed by atoms with Gasteiger partial charge in [0.2, 0.25) is 0 Å². The number of aryl methyl sites for hydroxylation is 1. The van der Waals surface area contributed by atoms with E-state index in [9.17, 15) is 0 Å². The maximum Gasteiger partial charge on any atom is 0.135 e. The Kier molecular flexibility index (Phi) is 8.26. The van der Waals surface area contributed by atoms with Gasteiger partial charge in [-0.1, -0.05) is 62.4 Å². The van der Waals surface area contributed by atoms with Gasteiger partial charge in [-0.25, -0.2) is 4.39 Å². The van der Waals surface area contributed by atoms with Crippen molar-refractivity contribution in [2.24, 2.45) is 5.92 Å². The number of hydrogen-bond donors (Lipinski definition) is 1. The van der Waals surface area contributed by atoms with E-state index in [1.54, 1.807) is 6.92 Å². The minimum absolute atomic E-state index is 0.00739. The van der Waals surface area contributed by atoms with E-state index in [0.717, 1.165) is 43.5 Å². The van der Waals surface area contributed by atoms with Crippen molar-refractivity contribution < 1.29 is 4.39 Å². The van der Waals surface area contributed by atoms with Crippen molar-refractivity contribution in [1.29, 1.82) is 0 Å². The lowest BCUT2D eigenvalue weighted by Gasteiger charge is -2.39. The summed E-state index contributed by atoms with van der Waals surface area (Å²) in [5, 5.41) is 3.51. The summed E-state index contributed by atoms with van der Waals surface area (Å²) >= 11 is 0. The molecule has 1 aromatic rings. The minimum atomic E-state index is -1.45. The van der Waals surface area contributed by atoms with E-state index in [1.165, 1.54) is 16.7 Å². The number of fused-ring (bicyclic) bond motifs is 1. The molecular weight excluding hydrogens is 419 g/mol. The Bertz CT molecular complexity index is 1020. The second-order valence-electron chi connectivity index (χ2n) is 10.3. The molecule has 2 nitrogen and oxygen atoms in total. The first-order valence-electron chi connectivity index (χ1n) is 12.6. The van der Waals surface area contributed by atoms with Gasteiger partial charge in [0.1, 0.15) is 5.67 Å². The quantitative estimate of drug-likeness (QED) is 0.326. The smallest absolute Gasteiger partial charge is 0.135 e. The maximum absolute atomic E-state index is 15.7. The van der Waals surface area contributed by atoms with E-state index >= 15 is 4.39 Å². The highest BCUT2D eigenvalue weighted by molar-refractivity contribution is 5.42. The molecule has 182 valence electrons. The highest BCUT2D eigenvalue weighted by atomic mass is 19.1. The van der Waals surface area contributed by atoms with E-state index < -0.39 is 5.67 Å². The second-order valence-corrected chi connectivity index (χ2v) is 10.3. The first-order chi connectivity index (χ1) is 16.1. The molecule has 1 saturated heterocycles. The molecule has 0 aliphatic carbocycles. The largest absolute Gasteiger partial charge is 0.385 e. The normalized spacial score (nSPS) is 26.0. The number of rotatable bonds is 8. The lowest BCUT2D eigenvalue weighted by Crippen LogP contribution is -2.50. The van der Waals surface area contributed by atoms with Crippen molar-refractivity contribution in [2.45, 2.75) is 90.6 Å². The molecule has 4 unspecified atom stereocenters. The Morgan fingerprint density at radius 2 is 2.18 bits per heavy atom. The van der Waals surface area contributed by atoms with E-state index in [0.29, 0.717) is 17.7 Å². The lowest BCUT2D eigenvalue weighted by molar-refractivity contribution is 0.127. The van der Waals surface area contributed by atoms with E-state index in [2.05, 4.69) is 54.4 Å². The number of piperidine rings is 1. The standard InChI is InChI=1S/C31H41FN2/c1-9-11-12-21(3)24(6)31(8,32)22(4)13-15-26-16-17-28-27(19-26)20-34(29(28)10-2)30-18-14-23(5)33-25(30)7/h2,9,11-12,16-17,19,22,25,29-30,33H,5-6,13-15,18,20H2,1,3-4,7-8H3/b11-9-,21-12-/t22?,25-,29?,30?,31?/m0/s1. The van der Waals surface area contributed by atoms with Crippen molar-refractivity contribution in [2.75, 3.05) is 0 Å². The fraction of sp³-hybridized carbons (Fsp3) is 0.484. The predicted octanol–water partition coefficient (Wildman–Crippen LogP) is 7.21. The molecule has 0 radical (unpaired) electrons. The van der Waals surface area contributed by atoms with Crippen molar-refractivity contribution in [3.8, 4) is 12.3 Å². The van der Waals surface area contributed by atoms with Gasteiger partial charge in [0, 0.05) is 24.3 Å². The lowest BCUT2D eigenvalue weighted by atomic mass is 9.80. The molecule has 0 saturated carbocycles. The summed E-state index contributed by atoms with van der Waals surface area (Å²) in [6.07, 6.45) is 15.5. The van der Waals surface area contributed by atoms with E-state index in [4.69, 9.17) is 6.42 Å². The number of allylic oxidation sites excluding steroid dienone is 6. The number of halogens is 1. The molecule has 0 aromatic heterocycles. The molecule has 0 amide bonds. The zero-order valence-corrected chi connectivity index (χ0v) is 21.6. The Labute approximate surface area is 206 Å². The average Bonchev–Trinajstić information content (AvgIpc) is 3.17. The van der Waals surface area contributed by atoms with Crippen LogP contribution in [-0.2, 0) is 13.0 Å². The Balaban J connectivity index is 1.69. The van der Waals surface area contributed by atoms with Gasteiger partial charge in [0.05, 0.1) is 6.04 Å². The van der Waals surface area contributed by atoms with Crippen molar-refractivity contribution >= 4 is 0 Å². The maximum atomic E-state index is 15.7. The molecule has 34 heavy (non-hydrogen) atoms. The van der Waals surface area contributed by atoms with Crippen LogP contribution in [0.4, 0.5) is 4.39 Å². The number of terminal acetylenes is 1. The summed E-state index contributed by atoms with van der Waals surface area (Å²) in [7, 11) is 0. The molecule has 1 N–H and O–H groups in total. The molecule has 5 atom stereocenters. The topological polar surface area (TPSA) is 15.3 Å². The highest BCUT2D eigenvalue weighted by Crippen LogP contribution is 2.39. The fourth-order valence-electron chi connectivity index (χ4n) is 5.37. The molecule has 0 spiro atoms. The van der Waals surface area contributed by atoms with Crippen LogP contribution in [0.2, 0.25) is 0 Å². The Morgan fingerprint density at radius 3 is 2.82 bits per heavy atom. The van der Waals surface area contributed by atoms with Gasteiger partial charge in [-0.15, -0.1) is 6.42 Å². The summed E-state index contributed by atoms with van der Waals surface area (Å²) in [5.74, 6) is 2.89. The van der Waals surface area contributed by atoms with Gasteiger partial charge in [-0.2, -0.15) is 0 Å². The minimum Gasteiger partial charge on any atom is -0.385 e. The van der Waals surface area contributed by atoms with E-state index in [1.807, 2.05) is 39.0 Å². The van der Waals surface area contributed by atoms with Gasteiger partial charge >= 0.3 is 0 Å². The van der Waals surface area contributed by atoms with Gasteiger partial charge in [0.25, 0.3) is 0 Å². The summed E-state index contributed by atoms with van der Waals surface area (Å²) in [4.78, 5) is 2.46. The van der Waals surface area contributed by atoms with Crippen LogP contribution in [0.3, 0.4) is 0 Å². The molecule has 1 fully saturated rings. The van der Waals surface area contributed by atoms with Crippen LogP contribution in [-0.4, -0.2) is 22.7 Å². The van der Waals surface area contributed by atoms with Gasteiger partial charge in [-0.3, -0.25) is 4.90 Å². The van der Waals surface area contributed by atoms with Gasteiger partial charge < -0.3 is 5.32 Å². The third kappa shape index (κ3) is 5.39. The van der Waals surface area contributed by atoms with Crippen LogP contribution in [0.5, 0.6) is 0 Å². The van der Waals surface area contributed by atoms with Gasteiger partial charge in [-0.05, 0) is 87.1 Å². The van der Waals surface area contributed by atoms with Crippen LogP contribution in [0.1, 0.15) is 76.6 Å². The molecule has 3 heteroatoms. The fourth-order valence-corrected chi connectivity index (χ4v) is 5.37. The summed E-state index contributed by atoms with van der Waals surface area (Å²) in [6, 6.07) is 7.37. The van der Waals surface area contributed by atoms with Crippen LogP contribution in [0, 0.1) is 18.3 Å². The highest BCUT2D eigenvalue weighted by Gasteiger charge is 2.38. The van der Waals surface area contributed by atoms with Crippen LogP contribution < -0.4 is 5.32 Å². The first-order valence-corrected chi connectivity index (χ1v) is 12.6. The Hall–Kier alpha value is -2.57. The predicted molar refractivity (Wildman–Crippen MR) is 143 cm³/mol. The molecular formula is C31H41FN2. The van der Waals surface area contributed by atoms with Crippen LogP contribution in [0.25, 0.3) is 0 Å². The van der Waals surface area contributed by atoms with Crippen LogP contribution in [0.15, 0.2) is 66.4 Å². The molecule has 0 bridgehead atoms. The first kappa shape index (κ1) is 26.0. The molecule has 2 aliphatic heterocycles. The van der Waals surface area contributed by atoms with Crippen molar-refractivity contribution in [3.63, 3.8) is 0 Å². The average molecular weight is 461 g/mol. The molecule has 2 heterocycles. The molecule has 2 aliphatic rings. The number of hydrogen-bond acceptors (Lipinski definition) is 2. The van der Waals surface area contributed by atoms with Crippen LogP contribution >= 0.6 is 0 Å². The summed E-state index contributed by atoms with van der Waals surface area (Å²) in [6.45, 7) is 18.8. The van der Waals surface area contributed by atoms with Crippen molar-refractivity contribution in [1.82, 2.24) is 10.2 Å². The van der Waals surface area contributed by atoms with Crippen molar-refractivity contribution in [3.05, 3.63) is 83.1 Å². The SMILES string of the molecule is C#CC1c2ccc(CCC(C)C(C)(F)C(=C)/C(C)=C\C=C/C)cc2CN1C1CCC(=C)N[C@H]1C. The number of nitrogens with zero attached hydrogens (tertiary/aromatic N) is 1. The van der Waals surface area contributed by atoms with E-state index in [-0.39, 0.29) is 12.0 Å². The Morgan fingerprint density at radius 1 is 1.44 bits per heavy atom. The van der Waals surface area contributed by atoms with Gasteiger partial charge in [0.15, 0.2) is 0 Å². The summed E-state index contributed by atoms with van der Waals surface area (Å²) in [5.41, 5.74) is 4.92. The molecule has 1 aromatic carbocycles. The molecule has 3 rings (SSSR count). The third-order valence-corrected chi connectivity index (χ3v) is 7.92. The monoisotopic (exact) mass is 460 g/mol. The summed E-state index contributed by atoms with van der Waals surface area (Å²) < 4.78 is 15.7. The third-order valence-electron chi connectivity index (χ3n) is 7.92. The zero-order valence-electron chi connectivity index (χ0n) is 21.6. The second kappa shape index (κ2) is 10.8. The number of nitrogens with one attached hydrogen (secondary N) is 1.